The van der Waals surface area contributed by atoms with Crippen molar-refractivity contribution in [2.75, 3.05) is 11.0 Å². The van der Waals surface area contributed by atoms with Gasteiger partial charge in [0.1, 0.15) is 17.2 Å². The summed E-state index contributed by atoms with van der Waals surface area (Å²) in [6.45, 7) is 0. The molecule has 6 nitrogen and oxygen atoms in total. The number of sulfonamides is 1. The molecule has 0 radical (unpaired) electrons. The molecule has 1 N–H and O–H groups in total. The number of nitrogens with zero attached hydrogens (tertiary/aromatic N) is 2. The van der Waals surface area contributed by atoms with Crippen LogP contribution in [-0.4, -0.2) is 24.5 Å². The molecule has 0 atom stereocenters. The van der Waals surface area contributed by atoms with Crippen molar-refractivity contribution in [1.82, 2.24) is 9.78 Å². The Kier molecular flexibility index (Phi) is 4.83. The predicted molar refractivity (Wildman–Crippen MR) is 83.4 cm³/mol. The molecule has 2 rings (SSSR count). The van der Waals surface area contributed by atoms with Crippen LogP contribution in [-0.2, 0) is 23.2 Å². The number of nitrogens with one attached hydrogen (secondary N) is 1. The Morgan fingerprint density at radius 3 is 2.36 bits per heavy atom. The fourth-order valence-corrected chi connectivity index (χ4v) is 2.82. The van der Waals surface area contributed by atoms with E-state index < -0.39 is 44.4 Å². The van der Waals surface area contributed by atoms with Crippen LogP contribution in [0.2, 0.25) is 5.02 Å². The van der Waals surface area contributed by atoms with Crippen molar-refractivity contribution in [3.63, 3.8) is 0 Å². The lowest BCUT2D eigenvalue weighted by Crippen LogP contribution is -2.23. The SMILES string of the molecule is Cn1nc(-c2cc(NS(C)(=O)=O)c(Cl)cc2F)c(=O)cc1C(F)(F)F. The standard InChI is InChI=1S/C13H10ClF4N3O3S/c1-21-11(13(16,17)18)5-10(22)12(19-21)6-3-9(20-25(2,23)24)7(14)4-8(6)15/h3-5,20H,1-2H3. The van der Waals surface area contributed by atoms with E-state index in [1.165, 1.54) is 0 Å². The first-order chi connectivity index (χ1) is 11.3. The van der Waals surface area contributed by atoms with Crippen molar-refractivity contribution in [1.29, 1.82) is 0 Å². The molecule has 0 bridgehead atoms. The summed E-state index contributed by atoms with van der Waals surface area (Å²) in [7, 11) is -2.83. The van der Waals surface area contributed by atoms with Crippen LogP contribution in [0.4, 0.5) is 23.2 Å². The molecule has 1 aromatic carbocycles. The Morgan fingerprint density at radius 1 is 1.24 bits per heavy atom. The second-order valence-corrected chi connectivity index (χ2v) is 7.21. The first kappa shape index (κ1) is 19.2. The van der Waals surface area contributed by atoms with Gasteiger partial charge in [-0.1, -0.05) is 11.6 Å². The van der Waals surface area contributed by atoms with Crippen LogP contribution in [0, 0.1) is 5.82 Å². The molecule has 12 heteroatoms. The normalized spacial score (nSPS) is 12.3. The minimum atomic E-state index is -4.82. The van der Waals surface area contributed by atoms with Crippen LogP contribution in [0.25, 0.3) is 11.3 Å². The van der Waals surface area contributed by atoms with Crippen molar-refractivity contribution in [2.45, 2.75) is 6.18 Å². The summed E-state index contributed by atoms with van der Waals surface area (Å²) in [5, 5.41) is 3.17. The summed E-state index contributed by atoms with van der Waals surface area (Å²) in [4.78, 5) is 12.0. The number of rotatable bonds is 3. The molecule has 2 aromatic rings. The Labute approximate surface area is 144 Å². The minimum absolute atomic E-state index is 0.246. The first-order valence-electron chi connectivity index (χ1n) is 6.42. The van der Waals surface area contributed by atoms with Crippen LogP contribution in [0.15, 0.2) is 23.0 Å². The second kappa shape index (κ2) is 6.30. The third-order valence-corrected chi connectivity index (χ3v) is 3.90. The number of aromatic nitrogens is 2. The molecule has 25 heavy (non-hydrogen) atoms. The number of hydrogen-bond donors (Lipinski definition) is 1. The van der Waals surface area contributed by atoms with Crippen LogP contribution in [0.5, 0.6) is 0 Å². The van der Waals surface area contributed by atoms with Crippen molar-refractivity contribution < 1.29 is 26.0 Å². The zero-order chi connectivity index (χ0) is 19.2. The van der Waals surface area contributed by atoms with Gasteiger partial charge in [-0.2, -0.15) is 18.3 Å². The fraction of sp³-hybridized carbons (Fsp3) is 0.231. The van der Waals surface area contributed by atoms with E-state index in [1.807, 2.05) is 4.72 Å². The second-order valence-electron chi connectivity index (χ2n) is 5.05. The molecule has 0 aliphatic heterocycles. The van der Waals surface area contributed by atoms with E-state index in [9.17, 15) is 30.8 Å². The quantitative estimate of drug-likeness (QED) is 0.804. The molecule has 1 aromatic heterocycles. The van der Waals surface area contributed by atoms with Gasteiger partial charge < -0.3 is 0 Å². The lowest BCUT2D eigenvalue weighted by Gasteiger charge is -2.13. The molecular weight excluding hydrogens is 390 g/mol. The van der Waals surface area contributed by atoms with Crippen molar-refractivity contribution in [3.05, 3.63) is 45.0 Å². The number of anilines is 1. The van der Waals surface area contributed by atoms with Crippen LogP contribution in [0.1, 0.15) is 5.69 Å². The summed E-state index contributed by atoms with van der Waals surface area (Å²) in [5.74, 6) is -1.05. The third-order valence-electron chi connectivity index (χ3n) is 3.00. The molecule has 0 spiro atoms. The van der Waals surface area contributed by atoms with Gasteiger partial charge in [0.2, 0.25) is 15.5 Å². The largest absolute Gasteiger partial charge is 0.433 e. The highest BCUT2D eigenvalue weighted by Gasteiger charge is 2.34. The van der Waals surface area contributed by atoms with Crippen LogP contribution in [0.3, 0.4) is 0 Å². The lowest BCUT2D eigenvalue weighted by atomic mass is 10.1. The predicted octanol–water partition coefficient (Wildman–Crippen LogP) is 2.63. The summed E-state index contributed by atoms with van der Waals surface area (Å²) < 4.78 is 77.4. The van der Waals surface area contributed by atoms with Gasteiger partial charge in [-0.05, 0) is 12.1 Å². The molecule has 0 saturated heterocycles. The number of halogens is 5. The summed E-state index contributed by atoms with van der Waals surface area (Å²) >= 11 is 5.73. The molecule has 0 unspecified atom stereocenters. The first-order valence-corrected chi connectivity index (χ1v) is 8.69. The zero-order valence-electron chi connectivity index (χ0n) is 12.6. The number of aryl methyl sites for hydroxylation is 1. The average molecular weight is 400 g/mol. The van der Waals surface area contributed by atoms with E-state index in [0.29, 0.717) is 4.68 Å². The summed E-state index contributed by atoms with van der Waals surface area (Å²) in [5.41, 5.74) is -3.86. The van der Waals surface area contributed by atoms with Gasteiger partial charge in [0.05, 0.1) is 17.0 Å². The maximum Gasteiger partial charge on any atom is 0.433 e. The Balaban J connectivity index is 2.69. The van der Waals surface area contributed by atoms with Crippen LogP contribution >= 0.6 is 11.6 Å². The van der Waals surface area contributed by atoms with E-state index in [2.05, 4.69) is 5.10 Å². The molecule has 1 heterocycles. The van der Waals surface area contributed by atoms with Gasteiger partial charge in [0.25, 0.3) is 0 Å². The molecule has 0 amide bonds. The monoisotopic (exact) mass is 399 g/mol. The Hall–Kier alpha value is -2.14. The maximum absolute atomic E-state index is 14.1. The molecule has 0 fully saturated rings. The van der Waals surface area contributed by atoms with Gasteiger partial charge in [0, 0.05) is 18.7 Å². The van der Waals surface area contributed by atoms with E-state index >= 15 is 0 Å². The summed E-state index contributed by atoms with van der Waals surface area (Å²) in [6.07, 6.45) is -4.00. The van der Waals surface area contributed by atoms with Gasteiger partial charge in [-0.25, -0.2) is 12.8 Å². The van der Waals surface area contributed by atoms with E-state index in [4.69, 9.17) is 11.6 Å². The molecule has 136 valence electrons. The molecule has 0 saturated carbocycles. The lowest BCUT2D eigenvalue weighted by molar-refractivity contribution is -0.144. The van der Waals surface area contributed by atoms with E-state index in [0.717, 1.165) is 25.4 Å². The van der Waals surface area contributed by atoms with Crippen molar-refractivity contribution >= 4 is 27.3 Å². The minimum Gasteiger partial charge on any atom is -0.287 e. The topological polar surface area (TPSA) is 81.1 Å². The highest BCUT2D eigenvalue weighted by molar-refractivity contribution is 7.92. The number of benzene rings is 1. The fourth-order valence-electron chi connectivity index (χ4n) is 2.00. The highest BCUT2D eigenvalue weighted by Crippen LogP contribution is 2.32. The van der Waals surface area contributed by atoms with Gasteiger partial charge in [-0.3, -0.25) is 14.2 Å². The molecular formula is C13H10ClF4N3O3S. The zero-order valence-corrected chi connectivity index (χ0v) is 14.2. The Morgan fingerprint density at radius 2 is 1.84 bits per heavy atom. The summed E-state index contributed by atoms with van der Waals surface area (Å²) in [6, 6.07) is 1.89. The van der Waals surface area contributed by atoms with E-state index in [-0.39, 0.29) is 16.8 Å². The van der Waals surface area contributed by atoms with Gasteiger partial charge in [0.15, 0.2) is 0 Å². The smallest absolute Gasteiger partial charge is 0.287 e. The Bertz CT molecular complexity index is 1000. The van der Waals surface area contributed by atoms with Crippen LogP contribution < -0.4 is 10.2 Å². The molecule has 0 aliphatic rings. The van der Waals surface area contributed by atoms with Crippen molar-refractivity contribution in [2.24, 2.45) is 7.05 Å². The van der Waals surface area contributed by atoms with Crippen molar-refractivity contribution in [3.8, 4) is 11.3 Å². The number of alkyl halides is 3. The molecule has 0 aliphatic carbocycles. The maximum atomic E-state index is 14.1. The highest BCUT2D eigenvalue weighted by atomic mass is 35.5. The van der Waals surface area contributed by atoms with E-state index in [1.54, 1.807) is 0 Å². The average Bonchev–Trinajstić information content (AvgIpc) is 2.41. The van der Waals surface area contributed by atoms with Gasteiger partial charge in [-0.15, -0.1) is 0 Å². The van der Waals surface area contributed by atoms with Gasteiger partial charge >= 0.3 is 6.18 Å². The number of hydrogen-bond acceptors (Lipinski definition) is 4. The third kappa shape index (κ3) is 4.28.